The standard InChI is InChI=1S/C30H29F2N5O2/c1-16-10-24(27(18-8-6-5-7-9-18)36-26(16)19-14-33-17(2)34-15-19)35-29(39)37-28-20-11-22(31)23(32)12-21(20)30(3,4)13-25(28)38/h5-12,14-15,25,28,38H,13H2,1-4H3,(H2,35,37,39)/t25-,28+/m0/s1. The maximum Gasteiger partial charge on any atom is 0.319 e. The Labute approximate surface area is 225 Å². The number of rotatable bonds is 4. The molecule has 0 aliphatic heterocycles. The number of hydrogen-bond donors (Lipinski definition) is 3. The van der Waals surface area contributed by atoms with Crippen LogP contribution in [-0.4, -0.2) is 32.2 Å². The van der Waals surface area contributed by atoms with Crippen LogP contribution >= 0.6 is 0 Å². The fourth-order valence-corrected chi connectivity index (χ4v) is 5.17. The van der Waals surface area contributed by atoms with Crippen molar-refractivity contribution in [1.29, 1.82) is 0 Å². The van der Waals surface area contributed by atoms with Gasteiger partial charge >= 0.3 is 6.03 Å². The molecule has 2 amide bonds. The minimum Gasteiger partial charge on any atom is -0.391 e. The van der Waals surface area contributed by atoms with E-state index in [1.807, 2.05) is 57.2 Å². The first-order valence-corrected chi connectivity index (χ1v) is 12.6. The van der Waals surface area contributed by atoms with Crippen molar-refractivity contribution < 1.29 is 18.7 Å². The largest absolute Gasteiger partial charge is 0.391 e. The lowest BCUT2D eigenvalue weighted by Gasteiger charge is -2.40. The van der Waals surface area contributed by atoms with E-state index in [0.29, 0.717) is 34.0 Å². The molecular formula is C30H29F2N5O2. The number of carbonyl (C=O) groups is 1. The minimum absolute atomic E-state index is 0.263. The number of fused-ring (bicyclic) bond motifs is 1. The summed E-state index contributed by atoms with van der Waals surface area (Å²) in [5.74, 6) is -1.35. The molecule has 0 bridgehead atoms. The van der Waals surface area contributed by atoms with Crippen LogP contribution in [0.5, 0.6) is 0 Å². The molecule has 1 aliphatic carbocycles. The van der Waals surface area contributed by atoms with E-state index in [-0.39, 0.29) is 6.42 Å². The van der Waals surface area contributed by atoms with Crippen LogP contribution in [-0.2, 0) is 5.41 Å². The third-order valence-corrected chi connectivity index (χ3v) is 7.11. The van der Waals surface area contributed by atoms with Gasteiger partial charge in [-0.05, 0) is 60.6 Å². The van der Waals surface area contributed by atoms with E-state index in [9.17, 15) is 18.7 Å². The Morgan fingerprint density at radius 1 is 0.974 bits per heavy atom. The van der Waals surface area contributed by atoms with Gasteiger partial charge in [0.25, 0.3) is 0 Å². The van der Waals surface area contributed by atoms with E-state index in [1.54, 1.807) is 19.3 Å². The topological polar surface area (TPSA) is 100 Å². The van der Waals surface area contributed by atoms with E-state index in [2.05, 4.69) is 20.6 Å². The molecule has 7 nitrogen and oxygen atoms in total. The highest BCUT2D eigenvalue weighted by atomic mass is 19.2. The summed E-state index contributed by atoms with van der Waals surface area (Å²) in [6, 6.07) is 11.9. The van der Waals surface area contributed by atoms with Crippen molar-refractivity contribution in [3.63, 3.8) is 0 Å². The first-order chi connectivity index (χ1) is 18.5. The van der Waals surface area contributed by atoms with Crippen LogP contribution in [0.4, 0.5) is 19.3 Å². The van der Waals surface area contributed by atoms with Crippen LogP contribution in [0.3, 0.4) is 0 Å². The molecule has 2 atom stereocenters. The lowest BCUT2D eigenvalue weighted by molar-refractivity contribution is 0.0878. The number of urea groups is 1. The molecule has 1 aliphatic rings. The van der Waals surface area contributed by atoms with E-state index >= 15 is 0 Å². The molecule has 0 saturated carbocycles. The fraction of sp³-hybridized carbons (Fsp3) is 0.267. The van der Waals surface area contributed by atoms with Gasteiger partial charge in [0.05, 0.1) is 29.2 Å². The number of aliphatic hydroxyl groups is 1. The maximum atomic E-state index is 14.2. The molecule has 2 heterocycles. The van der Waals surface area contributed by atoms with Crippen LogP contribution in [0, 0.1) is 25.5 Å². The third-order valence-electron chi connectivity index (χ3n) is 7.11. The summed E-state index contributed by atoms with van der Waals surface area (Å²) in [7, 11) is 0. The van der Waals surface area contributed by atoms with Crippen molar-refractivity contribution in [2.75, 3.05) is 5.32 Å². The molecule has 39 heavy (non-hydrogen) atoms. The number of carbonyl (C=O) groups excluding carboxylic acids is 1. The summed E-state index contributed by atoms with van der Waals surface area (Å²) in [6.45, 7) is 7.38. The number of nitrogens with zero attached hydrogens (tertiary/aromatic N) is 3. The van der Waals surface area contributed by atoms with Crippen molar-refractivity contribution in [3.05, 3.63) is 95.1 Å². The summed E-state index contributed by atoms with van der Waals surface area (Å²) < 4.78 is 28.3. The number of aliphatic hydroxyl groups excluding tert-OH is 1. The molecule has 2 aromatic carbocycles. The van der Waals surface area contributed by atoms with Gasteiger partial charge in [-0.15, -0.1) is 0 Å². The van der Waals surface area contributed by atoms with E-state index in [1.165, 1.54) is 0 Å². The van der Waals surface area contributed by atoms with Crippen molar-refractivity contribution in [2.45, 2.75) is 51.7 Å². The molecule has 200 valence electrons. The Kier molecular flexibility index (Phi) is 6.86. The van der Waals surface area contributed by atoms with Gasteiger partial charge in [-0.25, -0.2) is 28.5 Å². The van der Waals surface area contributed by atoms with Gasteiger partial charge in [-0.2, -0.15) is 0 Å². The van der Waals surface area contributed by atoms with E-state index in [4.69, 9.17) is 4.98 Å². The normalized spacial score (nSPS) is 17.8. The number of hydrogen-bond acceptors (Lipinski definition) is 5. The minimum atomic E-state index is -1.03. The van der Waals surface area contributed by atoms with Gasteiger partial charge in [0.2, 0.25) is 0 Å². The predicted octanol–water partition coefficient (Wildman–Crippen LogP) is 6.01. The van der Waals surface area contributed by atoms with Crippen molar-refractivity contribution >= 4 is 11.7 Å². The lowest BCUT2D eigenvalue weighted by Crippen LogP contribution is -2.45. The summed E-state index contributed by atoms with van der Waals surface area (Å²) in [6.07, 6.45) is 2.68. The summed E-state index contributed by atoms with van der Waals surface area (Å²) in [5.41, 5.74) is 4.26. The van der Waals surface area contributed by atoms with Gasteiger partial charge in [0, 0.05) is 23.5 Å². The molecule has 0 fully saturated rings. The Bertz CT molecular complexity index is 1540. The van der Waals surface area contributed by atoms with Crippen molar-refractivity contribution in [2.24, 2.45) is 0 Å². The Morgan fingerprint density at radius 2 is 1.64 bits per heavy atom. The highest BCUT2D eigenvalue weighted by molar-refractivity contribution is 5.94. The second kappa shape index (κ2) is 10.1. The number of anilines is 1. The molecule has 0 spiro atoms. The molecule has 9 heteroatoms. The Morgan fingerprint density at radius 3 is 2.33 bits per heavy atom. The number of nitrogens with one attached hydrogen (secondary N) is 2. The first-order valence-electron chi connectivity index (χ1n) is 12.6. The van der Waals surface area contributed by atoms with Crippen LogP contribution in [0.2, 0.25) is 0 Å². The second-order valence-corrected chi connectivity index (χ2v) is 10.5. The molecule has 0 saturated heterocycles. The van der Waals surface area contributed by atoms with Crippen LogP contribution < -0.4 is 10.6 Å². The number of aryl methyl sites for hydroxylation is 2. The van der Waals surface area contributed by atoms with Crippen LogP contribution in [0.1, 0.15) is 48.8 Å². The summed E-state index contributed by atoms with van der Waals surface area (Å²) in [5, 5.41) is 16.5. The first kappa shape index (κ1) is 26.4. The number of amides is 2. The molecule has 3 N–H and O–H groups in total. The Hall–Kier alpha value is -4.24. The predicted molar refractivity (Wildman–Crippen MR) is 145 cm³/mol. The summed E-state index contributed by atoms with van der Waals surface area (Å²) >= 11 is 0. The zero-order valence-corrected chi connectivity index (χ0v) is 22.1. The molecule has 2 aromatic heterocycles. The molecule has 0 unspecified atom stereocenters. The van der Waals surface area contributed by atoms with Crippen LogP contribution in [0.25, 0.3) is 22.5 Å². The van der Waals surface area contributed by atoms with E-state index in [0.717, 1.165) is 28.8 Å². The summed E-state index contributed by atoms with van der Waals surface area (Å²) in [4.78, 5) is 26.7. The highest BCUT2D eigenvalue weighted by Crippen LogP contribution is 2.42. The van der Waals surface area contributed by atoms with Crippen molar-refractivity contribution in [3.8, 4) is 22.5 Å². The quantitative estimate of drug-likeness (QED) is 0.301. The molecule has 0 radical (unpaired) electrons. The smallest absolute Gasteiger partial charge is 0.319 e. The average molecular weight is 530 g/mol. The number of halogens is 2. The average Bonchev–Trinajstić information content (AvgIpc) is 2.89. The van der Waals surface area contributed by atoms with Gasteiger partial charge in [-0.3, -0.25) is 0 Å². The number of pyridine rings is 1. The monoisotopic (exact) mass is 529 g/mol. The van der Waals surface area contributed by atoms with Crippen LogP contribution in [0.15, 0.2) is 60.9 Å². The zero-order chi connectivity index (χ0) is 27.9. The molecule has 4 aromatic rings. The Balaban J connectivity index is 1.50. The van der Waals surface area contributed by atoms with Gasteiger partial charge in [-0.1, -0.05) is 44.2 Å². The highest BCUT2D eigenvalue weighted by Gasteiger charge is 2.40. The van der Waals surface area contributed by atoms with Crippen molar-refractivity contribution in [1.82, 2.24) is 20.3 Å². The van der Waals surface area contributed by atoms with Gasteiger partial charge in [0.1, 0.15) is 5.82 Å². The van der Waals surface area contributed by atoms with E-state index < -0.39 is 35.2 Å². The van der Waals surface area contributed by atoms with Gasteiger partial charge < -0.3 is 15.7 Å². The lowest BCUT2D eigenvalue weighted by atomic mass is 9.69. The zero-order valence-electron chi connectivity index (χ0n) is 22.1. The molecular weight excluding hydrogens is 500 g/mol. The maximum absolute atomic E-state index is 14.2. The second-order valence-electron chi connectivity index (χ2n) is 10.5. The van der Waals surface area contributed by atoms with Gasteiger partial charge in [0.15, 0.2) is 11.6 Å². The molecule has 5 rings (SSSR count). The SMILES string of the molecule is Cc1ncc(-c2nc(-c3ccccc3)c(NC(=O)N[C@@H]3c4cc(F)c(F)cc4C(C)(C)C[C@@H]3O)cc2C)cn1. The number of benzene rings is 2. The number of aromatic nitrogens is 3. The fourth-order valence-electron chi connectivity index (χ4n) is 5.17. The third kappa shape index (κ3) is 5.22.